The lowest BCUT2D eigenvalue weighted by Crippen LogP contribution is -2.58. The predicted octanol–water partition coefficient (Wildman–Crippen LogP) is 6.16. The van der Waals surface area contributed by atoms with Crippen molar-refractivity contribution in [3.05, 3.63) is 59.7 Å². The highest BCUT2D eigenvalue weighted by molar-refractivity contribution is 5.97. The SMILES string of the molecule is O=CCCCCCN1C(CNC(=O)c2cc(OCC(F)(F)F)ccc2OCC(F)(F)F)CCCC1NC(=O)OCc1ccccc1. The van der Waals surface area contributed by atoms with Crippen molar-refractivity contribution in [3.63, 3.8) is 0 Å². The van der Waals surface area contributed by atoms with Crippen LogP contribution in [-0.4, -0.2) is 74.0 Å². The van der Waals surface area contributed by atoms with Gasteiger partial charge in [0, 0.05) is 25.6 Å². The molecule has 1 fully saturated rings. The number of amides is 2. The van der Waals surface area contributed by atoms with Gasteiger partial charge in [0.1, 0.15) is 24.4 Å². The van der Waals surface area contributed by atoms with E-state index in [1.165, 1.54) is 0 Å². The minimum Gasteiger partial charge on any atom is -0.484 e. The number of hydrogen-bond acceptors (Lipinski definition) is 7. The first-order valence-electron chi connectivity index (χ1n) is 14.8. The first-order valence-corrected chi connectivity index (χ1v) is 14.8. The molecule has 46 heavy (non-hydrogen) atoms. The van der Waals surface area contributed by atoms with Crippen LogP contribution in [0, 0.1) is 0 Å². The molecule has 3 rings (SSSR count). The highest BCUT2D eigenvalue weighted by atomic mass is 19.4. The molecule has 0 radical (unpaired) electrons. The summed E-state index contributed by atoms with van der Waals surface area (Å²) in [5.74, 6) is -1.74. The van der Waals surface area contributed by atoms with Crippen molar-refractivity contribution in [3.8, 4) is 11.5 Å². The van der Waals surface area contributed by atoms with E-state index < -0.39 is 55.0 Å². The molecule has 2 amide bonds. The average molecular weight is 662 g/mol. The number of piperidine rings is 1. The van der Waals surface area contributed by atoms with Gasteiger partial charge in [0.15, 0.2) is 13.2 Å². The van der Waals surface area contributed by atoms with Gasteiger partial charge < -0.3 is 29.6 Å². The van der Waals surface area contributed by atoms with Crippen LogP contribution in [0.2, 0.25) is 0 Å². The van der Waals surface area contributed by atoms with Crippen LogP contribution in [0.3, 0.4) is 0 Å². The van der Waals surface area contributed by atoms with Gasteiger partial charge in [0.25, 0.3) is 5.91 Å². The van der Waals surface area contributed by atoms with Crippen LogP contribution < -0.4 is 20.1 Å². The number of aldehydes is 1. The third kappa shape index (κ3) is 13.2. The van der Waals surface area contributed by atoms with Gasteiger partial charge in [-0.1, -0.05) is 36.8 Å². The fourth-order valence-corrected chi connectivity index (χ4v) is 4.98. The molecule has 0 saturated carbocycles. The number of hydrogen-bond donors (Lipinski definition) is 2. The number of alkyl carbamates (subject to hydrolysis) is 1. The standard InChI is InChI=1S/C31H37F6N3O6/c32-30(33,34)20-45-24-13-14-26(46-21-31(35,36)37)25(17-24)28(42)38-18-23-11-8-12-27(40(23)15-6-1-2-7-16-41)39-29(43)44-19-22-9-4-3-5-10-22/h3-5,9-10,13-14,16-17,23,27H,1-2,6-8,11-12,15,18-21H2,(H,38,42)(H,39,43). The van der Waals surface area contributed by atoms with E-state index in [4.69, 9.17) is 9.47 Å². The molecule has 1 aliphatic rings. The molecule has 1 heterocycles. The Bertz CT molecular complexity index is 1260. The number of likely N-dealkylation sites (tertiary alicyclic amines) is 1. The number of nitrogens with one attached hydrogen (secondary N) is 2. The fourth-order valence-electron chi connectivity index (χ4n) is 4.98. The summed E-state index contributed by atoms with van der Waals surface area (Å²) in [7, 11) is 0. The maximum Gasteiger partial charge on any atom is 0.422 e. The van der Waals surface area contributed by atoms with Gasteiger partial charge in [0.2, 0.25) is 0 Å². The number of alkyl halides is 6. The highest BCUT2D eigenvalue weighted by Crippen LogP contribution is 2.28. The lowest BCUT2D eigenvalue weighted by Gasteiger charge is -2.42. The Kier molecular flexibility index (Phi) is 14.0. The van der Waals surface area contributed by atoms with Crippen LogP contribution >= 0.6 is 0 Å². The molecule has 0 aromatic heterocycles. The molecule has 0 aliphatic carbocycles. The lowest BCUT2D eigenvalue weighted by molar-refractivity contribution is -0.154. The Balaban J connectivity index is 1.71. The van der Waals surface area contributed by atoms with E-state index >= 15 is 0 Å². The number of benzene rings is 2. The summed E-state index contributed by atoms with van der Waals surface area (Å²) in [4.78, 5) is 38.6. The first-order chi connectivity index (χ1) is 21.8. The van der Waals surface area contributed by atoms with Gasteiger partial charge in [-0.2, -0.15) is 26.3 Å². The van der Waals surface area contributed by atoms with Gasteiger partial charge in [-0.25, -0.2) is 4.79 Å². The molecule has 1 saturated heterocycles. The summed E-state index contributed by atoms with van der Waals surface area (Å²) in [6.45, 7) is -2.80. The molecular formula is C31H37F6N3O6. The zero-order valence-corrected chi connectivity index (χ0v) is 25.0. The van der Waals surface area contributed by atoms with Crippen molar-refractivity contribution < 1.29 is 54.9 Å². The molecular weight excluding hydrogens is 624 g/mol. The molecule has 2 aromatic carbocycles. The zero-order chi connectivity index (χ0) is 33.6. The van der Waals surface area contributed by atoms with Crippen molar-refractivity contribution >= 4 is 18.3 Å². The molecule has 1 aliphatic heterocycles. The van der Waals surface area contributed by atoms with Gasteiger partial charge in [-0.3, -0.25) is 9.69 Å². The Morgan fingerprint density at radius 1 is 0.913 bits per heavy atom. The van der Waals surface area contributed by atoms with Gasteiger partial charge in [0.05, 0.1) is 11.7 Å². The van der Waals surface area contributed by atoms with Crippen molar-refractivity contribution in [1.29, 1.82) is 0 Å². The molecule has 9 nitrogen and oxygen atoms in total. The van der Waals surface area contributed by atoms with Crippen LogP contribution in [0.1, 0.15) is 60.9 Å². The van der Waals surface area contributed by atoms with Crippen molar-refractivity contribution in [1.82, 2.24) is 15.5 Å². The van der Waals surface area contributed by atoms with E-state index in [0.717, 1.165) is 36.5 Å². The minimum absolute atomic E-state index is 0.0107. The van der Waals surface area contributed by atoms with Gasteiger partial charge in [-0.15, -0.1) is 0 Å². The molecule has 2 aromatic rings. The summed E-state index contributed by atoms with van der Waals surface area (Å²) in [6.07, 6.45) is -5.25. The molecule has 0 bridgehead atoms. The molecule has 254 valence electrons. The third-order valence-corrected chi connectivity index (χ3v) is 7.11. The van der Waals surface area contributed by atoms with Crippen molar-refractivity contribution in [2.75, 3.05) is 26.3 Å². The van der Waals surface area contributed by atoms with E-state index in [1.807, 2.05) is 35.2 Å². The summed E-state index contributed by atoms with van der Waals surface area (Å²) in [6, 6.07) is 11.6. The van der Waals surface area contributed by atoms with Crippen LogP contribution in [0.25, 0.3) is 0 Å². The Labute approximate surface area is 262 Å². The molecule has 2 N–H and O–H groups in total. The highest BCUT2D eigenvalue weighted by Gasteiger charge is 2.33. The second-order valence-electron chi connectivity index (χ2n) is 10.7. The number of unbranched alkanes of at least 4 members (excludes halogenated alkanes) is 3. The number of carbonyl (C=O) groups excluding carboxylic acids is 3. The smallest absolute Gasteiger partial charge is 0.422 e. The summed E-state index contributed by atoms with van der Waals surface area (Å²) < 4.78 is 91.3. The minimum atomic E-state index is -4.72. The van der Waals surface area contributed by atoms with Gasteiger partial charge in [-0.05, 0) is 55.9 Å². The maximum atomic E-state index is 13.2. The average Bonchev–Trinajstić information content (AvgIpc) is 3.01. The van der Waals surface area contributed by atoms with E-state index in [2.05, 4.69) is 15.4 Å². The van der Waals surface area contributed by atoms with Crippen molar-refractivity contribution in [2.45, 2.75) is 76.1 Å². The maximum absolute atomic E-state index is 13.2. The summed E-state index contributed by atoms with van der Waals surface area (Å²) in [5.41, 5.74) is 0.375. The largest absolute Gasteiger partial charge is 0.484 e. The Hall–Kier alpha value is -4.01. The number of carbonyl (C=O) groups is 3. The normalized spacial score (nSPS) is 17.2. The van der Waals surface area contributed by atoms with Gasteiger partial charge >= 0.3 is 18.4 Å². The number of ether oxygens (including phenoxy) is 3. The van der Waals surface area contributed by atoms with E-state index in [1.54, 1.807) is 0 Å². The topological polar surface area (TPSA) is 106 Å². The van der Waals surface area contributed by atoms with Crippen LogP contribution in [0.15, 0.2) is 48.5 Å². The molecule has 15 heteroatoms. The number of nitrogens with zero attached hydrogens (tertiary/aromatic N) is 1. The predicted molar refractivity (Wildman–Crippen MR) is 154 cm³/mol. The first kappa shape index (κ1) is 36.5. The lowest BCUT2D eigenvalue weighted by atomic mass is 9.98. The molecule has 0 spiro atoms. The van der Waals surface area contributed by atoms with E-state index in [9.17, 15) is 40.7 Å². The van der Waals surface area contributed by atoms with Crippen molar-refractivity contribution in [2.24, 2.45) is 0 Å². The van der Waals surface area contributed by atoms with E-state index in [-0.39, 0.29) is 24.9 Å². The monoisotopic (exact) mass is 661 g/mol. The quantitative estimate of drug-likeness (QED) is 0.126. The number of rotatable bonds is 16. The second-order valence-corrected chi connectivity index (χ2v) is 10.7. The fraction of sp³-hybridized carbons (Fsp3) is 0.516. The Morgan fingerprint density at radius 2 is 1.63 bits per heavy atom. The van der Waals surface area contributed by atoms with Crippen LogP contribution in [-0.2, 0) is 16.1 Å². The third-order valence-electron chi connectivity index (χ3n) is 7.11. The van der Waals surface area contributed by atoms with E-state index in [0.29, 0.717) is 45.1 Å². The Morgan fingerprint density at radius 3 is 2.33 bits per heavy atom. The molecule has 2 atom stereocenters. The molecule has 2 unspecified atom stereocenters. The summed E-state index contributed by atoms with van der Waals surface area (Å²) in [5, 5.41) is 5.53. The summed E-state index contributed by atoms with van der Waals surface area (Å²) >= 11 is 0. The number of halogens is 6. The zero-order valence-electron chi connectivity index (χ0n) is 25.0. The van der Waals surface area contributed by atoms with Crippen LogP contribution in [0.5, 0.6) is 11.5 Å². The second kappa shape index (κ2) is 17.6. The van der Waals surface area contributed by atoms with Crippen LogP contribution in [0.4, 0.5) is 31.1 Å².